The summed E-state index contributed by atoms with van der Waals surface area (Å²) >= 11 is 3.42. The first-order valence-corrected chi connectivity index (χ1v) is 33.0. The molecule has 2 aliphatic heterocycles. The third kappa shape index (κ3) is 30.9. The number of aliphatic carboxylic acids is 2. The summed E-state index contributed by atoms with van der Waals surface area (Å²) < 4.78 is 15.2. The number of ketones is 1. The summed E-state index contributed by atoms with van der Waals surface area (Å²) in [5, 5.41) is 34.4. The number of esters is 2. The van der Waals surface area contributed by atoms with E-state index in [1.807, 2.05) is 27.7 Å². The van der Waals surface area contributed by atoms with Crippen molar-refractivity contribution >= 4 is 132 Å². The van der Waals surface area contributed by atoms with E-state index in [9.17, 15) is 77.3 Å². The van der Waals surface area contributed by atoms with Crippen LogP contribution in [0.4, 0.5) is 0 Å². The largest absolute Gasteiger partial charge is 0.481 e. The molecule has 524 valence electrons. The van der Waals surface area contributed by atoms with Crippen molar-refractivity contribution in [2.24, 2.45) is 44.1 Å². The number of imide groups is 1. The number of carboxylic acid groups (broad SMARTS) is 2. The van der Waals surface area contributed by atoms with Crippen LogP contribution >= 0.6 is 37.5 Å². The highest BCUT2D eigenvalue weighted by Gasteiger charge is 2.43. The van der Waals surface area contributed by atoms with Crippen LogP contribution in [0.1, 0.15) is 113 Å². The maximum absolute atomic E-state index is 14.2. The van der Waals surface area contributed by atoms with Crippen molar-refractivity contribution in [3.63, 3.8) is 0 Å². The lowest BCUT2D eigenvalue weighted by Crippen LogP contribution is -2.58. The van der Waals surface area contributed by atoms with Gasteiger partial charge in [-0.3, -0.25) is 92.6 Å². The molecule has 8 atom stereocenters. The average molecular weight is 1420 g/mol. The van der Waals surface area contributed by atoms with Crippen LogP contribution in [0.15, 0.2) is 9.98 Å². The van der Waals surface area contributed by atoms with E-state index in [1.165, 1.54) is 0 Å². The van der Waals surface area contributed by atoms with Gasteiger partial charge in [0, 0.05) is 50.4 Å². The first-order valence-electron chi connectivity index (χ1n) is 29.8. The summed E-state index contributed by atoms with van der Waals surface area (Å²) in [4.78, 5) is 198. The topological polar surface area (TPSA) is 553 Å². The maximum Gasteiger partial charge on any atom is 0.322 e. The number of rotatable bonds is 29. The van der Waals surface area contributed by atoms with Crippen molar-refractivity contribution in [2.75, 3.05) is 71.4 Å². The van der Waals surface area contributed by atoms with Gasteiger partial charge in [-0.2, -0.15) is 0 Å². The van der Waals surface area contributed by atoms with Crippen LogP contribution in [0.2, 0.25) is 0 Å². The van der Waals surface area contributed by atoms with Crippen LogP contribution < -0.4 is 65.9 Å². The van der Waals surface area contributed by atoms with Crippen LogP contribution in [-0.2, 0) is 81.3 Å². The Bertz CT molecular complexity index is 2710. The molecular formula is C55H91BrN16O19S2. The van der Waals surface area contributed by atoms with Gasteiger partial charge in [-0.15, -0.1) is 0 Å². The summed E-state index contributed by atoms with van der Waals surface area (Å²) in [6.45, 7) is 10.3. The first-order chi connectivity index (χ1) is 43.4. The zero-order chi connectivity index (χ0) is 70.3. The highest BCUT2D eigenvalue weighted by Crippen LogP contribution is 2.36. The minimum absolute atomic E-state index is 0.0138. The van der Waals surface area contributed by atoms with Gasteiger partial charge in [-0.25, -0.2) is 0 Å². The molecule has 9 amide bonds. The second kappa shape index (κ2) is 40.6. The fraction of sp³-hybridized carbons (Fsp3) is 0.709. The van der Waals surface area contributed by atoms with Crippen LogP contribution in [0.5, 0.6) is 0 Å². The number of carbonyl (C=O) groups excluding carboxylic acids is 12. The number of carbonyl (C=O) groups is 14. The summed E-state index contributed by atoms with van der Waals surface area (Å²) in [5.41, 5.74) is 26.2. The third-order valence-corrected chi connectivity index (χ3v) is 17.4. The van der Waals surface area contributed by atoms with Gasteiger partial charge in [0.2, 0.25) is 53.2 Å². The van der Waals surface area contributed by atoms with E-state index in [1.54, 1.807) is 20.8 Å². The molecule has 93 heavy (non-hydrogen) atoms. The number of nitrogens with zero attached hydrogens (tertiary/aromatic N) is 4. The number of guanidine groups is 2. The second-order valence-corrected chi connectivity index (χ2v) is 27.5. The van der Waals surface area contributed by atoms with Crippen molar-refractivity contribution in [1.29, 1.82) is 0 Å². The zero-order valence-electron chi connectivity index (χ0n) is 53.3. The number of hydrogen-bond acceptors (Lipinski definition) is 23. The van der Waals surface area contributed by atoms with E-state index in [-0.39, 0.29) is 108 Å². The number of nitrogens with two attached hydrogens (primary N) is 5. The molecule has 0 aromatic rings. The third-order valence-electron chi connectivity index (χ3n) is 14.1. The van der Waals surface area contributed by atoms with Gasteiger partial charge >= 0.3 is 23.9 Å². The van der Waals surface area contributed by atoms with Crippen molar-refractivity contribution in [1.82, 2.24) is 47.0 Å². The van der Waals surface area contributed by atoms with Gasteiger partial charge in [0.1, 0.15) is 59.6 Å². The van der Waals surface area contributed by atoms with Crippen LogP contribution in [-0.4, -0.2) is 244 Å². The van der Waals surface area contributed by atoms with E-state index in [0.717, 1.165) is 4.90 Å². The summed E-state index contributed by atoms with van der Waals surface area (Å²) in [7, 11) is 1.31. The van der Waals surface area contributed by atoms with Crippen molar-refractivity contribution in [3.8, 4) is 0 Å². The van der Waals surface area contributed by atoms with E-state index < -0.39 is 179 Å². The molecule has 2 saturated heterocycles. The molecule has 0 radical (unpaired) electrons. The molecule has 0 bridgehead atoms. The first kappa shape index (κ1) is 81.7. The maximum atomic E-state index is 14.2. The number of halogens is 1. The molecule has 38 heteroatoms. The number of nitrogens with one attached hydrogen (secondary N) is 7. The van der Waals surface area contributed by atoms with Gasteiger partial charge in [-0.1, -0.05) is 37.5 Å². The monoisotopic (exact) mass is 1420 g/mol. The summed E-state index contributed by atoms with van der Waals surface area (Å²) in [6.07, 6.45) is -2.89. The Kier molecular flexibility index (Phi) is 35.7. The molecule has 0 saturated carbocycles. The Hall–Kier alpha value is -7.42. The van der Waals surface area contributed by atoms with Crippen LogP contribution in [0.25, 0.3) is 0 Å². The Morgan fingerprint density at radius 3 is 1.82 bits per heavy atom. The minimum Gasteiger partial charge on any atom is -0.481 e. The van der Waals surface area contributed by atoms with Crippen LogP contribution in [0.3, 0.4) is 0 Å². The lowest BCUT2D eigenvalue weighted by molar-refractivity contribution is -0.158. The molecule has 2 fully saturated rings. The quantitative estimate of drug-likeness (QED) is 0.00641. The molecule has 0 aliphatic carbocycles. The standard InChI is InChI=1S/C55H91BrN16O19S2/c1-29(2)71(30(3)4)17-18-90-51(88)55(7,56)28-54(5,6)50(87)91-20-19-89-26-31(73)21-38-49(86)70-45(82)32(11-8-14-62-52(58)59)64-24-39(74)66-34(22-41(76)77)46(83)67-33(12-9-15-63-53(60)61)44(81)65-25-40(75)72-16-10-13-37(72)48(85)68-35(23-42(78)79)47(84)69-36(43(57)80)27-92-93-38/h29-30,32-38,64H,8-28H2,1-7H3,(H2,57,80)(H,65,81)(H,66,74)(H,67,83)(H,68,85)(H,69,84)(H,76,77)(H,78,79)(H4,58,59,62)(H4,60,61,63)(H,70,82,86)/t32-,33+,34+,35+,36?,37?,38-,55?/m1/s1. The van der Waals surface area contributed by atoms with Crippen LogP contribution in [0, 0.1) is 5.41 Å². The molecule has 0 aromatic carbocycles. The van der Waals surface area contributed by atoms with E-state index in [4.69, 9.17) is 42.9 Å². The molecular weight excluding hydrogens is 1330 g/mol. The zero-order valence-corrected chi connectivity index (χ0v) is 56.5. The molecule has 35 nitrogen and oxygen atoms in total. The summed E-state index contributed by atoms with van der Waals surface area (Å²) in [5.74, 6) is -15.9. The SMILES string of the molecule is CC(C)N(CCOC(=O)C(C)(Br)CC(C)(C)C(=O)OCCOCC(=O)C[C@H]1SSCC(C(N)=O)NC(=O)[C@H](CC(=O)O)NC(=O)C2CCCN2C(=O)CNC(=O)[C@H](CCCN=C(N)N)NC(=O)[C@H](CC(=O)O)NC(=O)CN[C@H](CCCN=C(N)N)C(=O)NC1=O)C(C)C. The predicted octanol–water partition coefficient (Wildman–Crippen LogP) is -4.31. The number of fused-ring (bicyclic) bond motifs is 1. The molecule has 0 aromatic heterocycles. The highest BCUT2D eigenvalue weighted by atomic mass is 79.9. The highest BCUT2D eigenvalue weighted by molar-refractivity contribution is 9.10. The van der Waals surface area contributed by atoms with E-state index in [2.05, 4.69) is 68.0 Å². The molecule has 2 heterocycles. The number of hydrogen-bond donors (Lipinski definition) is 14. The van der Waals surface area contributed by atoms with E-state index >= 15 is 0 Å². The molecule has 0 spiro atoms. The van der Waals surface area contributed by atoms with Gasteiger partial charge in [-0.05, 0) is 93.4 Å². The van der Waals surface area contributed by atoms with Gasteiger partial charge in [0.15, 0.2) is 17.7 Å². The number of amides is 9. The summed E-state index contributed by atoms with van der Waals surface area (Å²) in [6, 6.07) is -9.28. The van der Waals surface area contributed by atoms with E-state index in [0.29, 0.717) is 28.1 Å². The predicted molar refractivity (Wildman–Crippen MR) is 343 cm³/mol. The fourth-order valence-electron chi connectivity index (χ4n) is 9.53. The molecule has 2 rings (SSSR count). The lowest BCUT2D eigenvalue weighted by atomic mass is 9.83. The Morgan fingerprint density at radius 2 is 1.25 bits per heavy atom. The lowest BCUT2D eigenvalue weighted by Gasteiger charge is -2.32. The normalized spacial score (nSPS) is 22.1. The number of Topliss-reactive ketones (excluding diaryl/α,β-unsaturated/α-hetero) is 1. The molecule has 19 N–H and O–H groups in total. The Labute approximate surface area is 554 Å². The number of carboxylic acids is 2. The Balaban J connectivity index is 2.52. The molecule has 2 aliphatic rings. The fourth-order valence-corrected chi connectivity index (χ4v) is 13.0. The number of ether oxygens (including phenoxy) is 3. The average Bonchev–Trinajstić information content (AvgIpc) is 1.79. The minimum atomic E-state index is -1.88. The smallest absolute Gasteiger partial charge is 0.322 e. The van der Waals surface area contributed by atoms with Crippen molar-refractivity contribution in [2.45, 2.75) is 171 Å². The molecule has 3 unspecified atom stereocenters. The number of primary amides is 1. The number of alkyl halides is 1. The second-order valence-electron chi connectivity index (χ2n) is 23.2. The number of aliphatic imine (C=N–C) groups is 2. The van der Waals surface area contributed by atoms with Gasteiger partial charge in [0.25, 0.3) is 0 Å². The van der Waals surface area contributed by atoms with Gasteiger partial charge in [0.05, 0.1) is 44.0 Å². The van der Waals surface area contributed by atoms with Crippen molar-refractivity contribution < 1.29 is 91.5 Å². The van der Waals surface area contributed by atoms with Gasteiger partial charge < -0.3 is 84.6 Å². The Morgan fingerprint density at radius 1 is 0.688 bits per heavy atom. The van der Waals surface area contributed by atoms with Crippen molar-refractivity contribution in [3.05, 3.63) is 0 Å².